The Bertz CT molecular complexity index is 375. The monoisotopic (exact) mass is 236 g/mol. The van der Waals surface area contributed by atoms with Crippen molar-refractivity contribution in [2.24, 2.45) is 5.92 Å². The summed E-state index contributed by atoms with van der Waals surface area (Å²) in [5.41, 5.74) is 3.34. The van der Waals surface area contributed by atoms with Crippen molar-refractivity contribution < 1.29 is 4.39 Å². The van der Waals surface area contributed by atoms with Gasteiger partial charge in [0.05, 0.1) is 0 Å². The summed E-state index contributed by atoms with van der Waals surface area (Å²) < 4.78 is 14.0. The Hall–Kier alpha value is -0.850. The van der Waals surface area contributed by atoms with E-state index in [1.54, 1.807) is 6.07 Å². The largest absolute Gasteiger partial charge is 0.207 e. The number of rotatable bonds is 4. The molecule has 0 saturated heterocycles. The minimum Gasteiger partial charge on any atom is -0.207 e. The predicted molar refractivity (Wildman–Crippen MR) is 73.1 cm³/mol. The molecule has 0 N–H and O–H groups in total. The zero-order valence-electron chi connectivity index (χ0n) is 12.0. The summed E-state index contributed by atoms with van der Waals surface area (Å²) in [7, 11) is 0. The van der Waals surface area contributed by atoms with Gasteiger partial charge >= 0.3 is 0 Å². The number of hydrogen-bond acceptors (Lipinski definition) is 0. The lowest BCUT2D eigenvalue weighted by Crippen LogP contribution is -2.05. The van der Waals surface area contributed by atoms with Gasteiger partial charge in [-0.2, -0.15) is 0 Å². The number of benzene rings is 1. The normalized spacial score (nSPS) is 11.9. The van der Waals surface area contributed by atoms with Crippen LogP contribution in [-0.2, 0) is 6.42 Å². The van der Waals surface area contributed by atoms with Crippen LogP contribution in [0.2, 0.25) is 0 Å². The minimum atomic E-state index is -0.0452. The summed E-state index contributed by atoms with van der Waals surface area (Å²) in [5, 5.41) is 0. The molecule has 0 fully saturated rings. The van der Waals surface area contributed by atoms with Gasteiger partial charge in [-0.3, -0.25) is 0 Å². The third-order valence-electron chi connectivity index (χ3n) is 3.13. The Balaban J connectivity index is 3.26. The van der Waals surface area contributed by atoms with E-state index in [0.717, 1.165) is 12.0 Å². The van der Waals surface area contributed by atoms with Crippen LogP contribution in [0.25, 0.3) is 0 Å². The minimum absolute atomic E-state index is 0.0452. The predicted octanol–water partition coefficient (Wildman–Crippen LogP) is 5.27. The first-order chi connectivity index (χ1) is 7.82. The van der Waals surface area contributed by atoms with E-state index in [4.69, 9.17) is 0 Å². The van der Waals surface area contributed by atoms with E-state index in [1.807, 2.05) is 13.8 Å². The topological polar surface area (TPSA) is 0 Å². The molecule has 1 rings (SSSR count). The smallest absolute Gasteiger partial charge is 0.126 e. The molecule has 0 radical (unpaired) electrons. The lowest BCUT2D eigenvalue weighted by Gasteiger charge is -2.18. The van der Waals surface area contributed by atoms with E-state index in [-0.39, 0.29) is 11.7 Å². The van der Waals surface area contributed by atoms with Crippen molar-refractivity contribution in [1.82, 2.24) is 0 Å². The SMILES string of the molecule is CC(C)Cc1cc(C(C)C)c(F)cc1C(C)C. The van der Waals surface area contributed by atoms with E-state index in [0.29, 0.717) is 11.8 Å². The van der Waals surface area contributed by atoms with Gasteiger partial charge in [0.15, 0.2) is 0 Å². The maximum atomic E-state index is 14.0. The summed E-state index contributed by atoms with van der Waals surface area (Å²) in [6.45, 7) is 12.8. The van der Waals surface area contributed by atoms with Gasteiger partial charge < -0.3 is 0 Å². The molecule has 0 heterocycles. The molecule has 1 aromatic rings. The Labute approximate surface area is 105 Å². The Morgan fingerprint density at radius 2 is 1.41 bits per heavy atom. The molecule has 0 nitrogen and oxygen atoms in total. The van der Waals surface area contributed by atoms with Crippen LogP contribution in [0.5, 0.6) is 0 Å². The van der Waals surface area contributed by atoms with Crippen molar-refractivity contribution in [3.63, 3.8) is 0 Å². The van der Waals surface area contributed by atoms with Gasteiger partial charge in [0.2, 0.25) is 0 Å². The highest BCUT2D eigenvalue weighted by Gasteiger charge is 2.15. The maximum absolute atomic E-state index is 14.0. The summed E-state index contributed by atoms with van der Waals surface area (Å²) >= 11 is 0. The van der Waals surface area contributed by atoms with Crippen LogP contribution in [-0.4, -0.2) is 0 Å². The first-order valence-electron chi connectivity index (χ1n) is 6.65. The van der Waals surface area contributed by atoms with Crippen molar-refractivity contribution in [2.45, 2.75) is 59.8 Å². The molecule has 0 aromatic heterocycles. The molecular formula is C16H25F. The molecule has 96 valence electrons. The summed E-state index contributed by atoms with van der Waals surface area (Å²) in [5.74, 6) is 1.20. The molecule has 0 aliphatic carbocycles. The first-order valence-corrected chi connectivity index (χ1v) is 6.65. The van der Waals surface area contributed by atoms with Crippen molar-refractivity contribution >= 4 is 0 Å². The molecule has 17 heavy (non-hydrogen) atoms. The molecule has 0 bridgehead atoms. The van der Waals surface area contributed by atoms with Gasteiger partial charge in [0.1, 0.15) is 5.82 Å². The Morgan fingerprint density at radius 3 is 1.82 bits per heavy atom. The van der Waals surface area contributed by atoms with E-state index in [9.17, 15) is 4.39 Å². The second-order valence-corrected chi connectivity index (χ2v) is 5.98. The van der Waals surface area contributed by atoms with Crippen molar-refractivity contribution in [3.05, 3.63) is 34.6 Å². The fraction of sp³-hybridized carbons (Fsp3) is 0.625. The van der Waals surface area contributed by atoms with Gasteiger partial charge in [-0.1, -0.05) is 47.6 Å². The lowest BCUT2D eigenvalue weighted by molar-refractivity contribution is 0.585. The molecule has 0 unspecified atom stereocenters. The highest BCUT2D eigenvalue weighted by atomic mass is 19.1. The molecule has 0 amide bonds. The fourth-order valence-electron chi connectivity index (χ4n) is 2.25. The van der Waals surface area contributed by atoms with Crippen LogP contribution in [0.1, 0.15) is 70.1 Å². The van der Waals surface area contributed by atoms with Crippen LogP contribution < -0.4 is 0 Å². The highest BCUT2D eigenvalue weighted by molar-refractivity contribution is 5.37. The molecule has 0 aliphatic heterocycles. The summed E-state index contributed by atoms with van der Waals surface area (Å²) in [6.07, 6.45) is 1.04. The maximum Gasteiger partial charge on any atom is 0.126 e. The van der Waals surface area contributed by atoms with Crippen molar-refractivity contribution in [2.75, 3.05) is 0 Å². The summed E-state index contributed by atoms with van der Waals surface area (Å²) in [4.78, 5) is 0. The van der Waals surface area contributed by atoms with Crippen molar-refractivity contribution in [1.29, 1.82) is 0 Å². The zero-order valence-corrected chi connectivity index (χ0v) is 12.0. The average Bonchev–Trinajstić information content (AvgIpc) is 2.18. The van der Waals surface area contributed by atoms with Gasteiger partial charge in [0.25, 0.3) is 0 Å². The number of halogens is 1. The van der Waals surface area contributed by atoms with Crippen LogP contribution in [0, 0.1) is 11.7 Å². The first kappa shape index (κ1) is 14.2. The number of hydrogen-bond donors (Lipinski definition) is 0. The highest BCUT2D eigenvalue weighted by Crippen LogP contribution is 2.28. The molecule has 0 saturated carbocycles. The quantitative estimate of drug-likeness (QED) is 0.668. The third-order valence-corrected chi connectivity index (χ3v) is 3.13. The Kier molecular flexibility index (Phi) is 4.73. The molecule has 0 aliphatic rings. The van der Waals surface area contributed by atoms with E-state index in [2.05, 4.69) is 33.8 Å². The van der Waals surface area contributed by atoms with Gasteiger partial charge in [-0.25, -0.2) is 4.39 Å². The van der Waals surface area contributed by atoms with E-state index in [1.165, 1.54) is 11.1 Å². The van der Waals surface area contributed by atoms with Crippen LogP contribution in [0.4, 0.5) is 4.39 Å². The van der Waals surface area contributed by atoms with Crippen LogP contribution >= 0.6 is 0 Å². The second-order valence-electron chi connectivity index (χ2n) is 5.98. The second kappa shape index (κ2) is 5.66. The van der Waals surface area contributed by atoms with E-state index >= 15 is 0 Å². The zero-order chi connectivity index (χ0) is 13.2. The van der Waals surface area contributed by atoms with Crippen molar-refractivity contribution in [3.8, 4) is 0 Å². The molecular weight excluding hydrogens is 211 g/mol. The molecule has 1 aromatic carbocycles. The fourth-order valence-corrected chi connectivity index (χ4v) is 2.25. The Morgan fingerprint density at radius 1 is 0.882 bits per heavy atom. The van der Waals surface area contributed by atoms with Gasteiger partial charge in [0, 0.05) is 0 Å². The standard InChI is InChI=1S/C16H25F/c1-10(2)7-13-8-15(12(5)6)16(17)9-14(13)11(3)4/h8-12H,7H2,1-6H3. The van der Waals surface area contributed by atoms with Gasteiger partial charge in [-0.05, 0) is 46.9 Å². The van der Waals surface area contributed by atoms with Crippen LogP contribution in [0.3, 0.4) is 0 Å². The third kappa shape index (κ3) is 3.55. The summed E-state index contributed by atoms with van der Waals surface area (Å²) in [6, 6.07) is 3.83. The van der Waals surface area contributed by atoms with E-state index < -0.39 is 0 Å². The van der Waals surface area contributed by atoms with Crippen LogP contribution in [0.15, 0.2) is 12.1 Å². The molecule has 0 spiro atoms. The molecule has 0 atom stereocenters. The molecule has 1 heteroatoms. The van der Waals surface area contributed by atoms with Gasteiger partial charge in [-0.15, -0.1) is 0 Å². The lowest BCUT2D eigenvalue weighted by atomic mass is 9.88. The average molecular weight is 236 g/mol.